The van der Waals surface area contributed by atoms with Crippen LogP contribution in [0.25, 0.3) is 0 Å². The molecule has 1 amide bonds. The van der Waals surface area contributed by atoms with Crippen molar-refractivity contribution in [3.63, 3.8) is 0 Å². The molecule has 0 spiro atoms. The third kappa shape index (κ3) is 8.59. The van der Waals surface area contributed by atoms with Gasteiger partial charge in [0.1, 0.15) is 0 Å². The van der Waals surface area contributed by atoms with E-state index in [4.69, 9.17) is 5.73 Å². The monoisotopic (exact) mass is 349 g/mol. The first-order valence-electron chi connectivity index (χ1n) is 7.32. The third-order valence-corrected chi connectivity index (χ3v) is 3.76. The number of likely N-dealkylation sites (N-methyl/N-ethyl adjacent to an activating group) is 1. The Hall–Kier alpha value is -0.810. The largest absolute Gasteiger partial charge is 0.355 e. The molecule has 1 aromatic rings. The number of carbonyl (C=O) groups excluding carboxylic acids is 1. The Bertz CT molecular complexity index is 404. The van der Waals surface area contributed by atoms with Crippen molar-refractivity contribution >= 4 is 30.7 Å². The second-order valence-corrected chi connectivity index (χ2v) is 5.31. The number of rotatable bonds is 8. The van der Waals surface area contributed by atoms with Gasteiger partial charge in [0.05, 0.1) is 0 Å². The molecule has 0 bridgehead atoms. The predicted octanol–water partition coefficient (Wildman–Crippen LogP) is 2.77. The second kappa shape index (κ2) is 12.7. The maximum Gasteiger partial charge on any atom is 0.221 e. The van der Waals surface area contributed by atoms with Crippen LogP contribution in [0.2, 0.25) is 0 Å². The van der Waals surface area contributed by atoms with Gasteiger partial charge in [-0.2, -0.15) is 0 Å². The molecule has 0 aliphatic carbocycles. The van der Waals surface area contributed by atoms with Crippen molar-refractivity contribution in [1.29, 1.82) is 0 Å². The Labute approximate surface area is 146 Å². The molecular formula is C16H29Cl2N3O. The summed E-state index contributed by atoms with van der Waals surface area (Å²) in [6, 6.07) is 10.0. The minimum atomic E-state index is -0.233. The van der Waals surface area contributed by atoms with Crippen LogP contribution in [-0.4, -0.2) is 37.0 Å². The van der Waals surface area contributed by atoms with Crippen molar-refractivity contribution in [1.82, 2.24) is 10.2 Å². The van der Waals surface area contributed by atoms with E-state index >= 15 is 0 Å². The van der Waals surface area contributed by atoms with Crippen molar-refractivity contribution < 1.29 is 4.79 Å². The van der Waals surface area contributed by atoms with Crippen LogP contribution in [0.3, 0.4) is 0 Å². The van der Waals surface area contributed by atoms with E-state index in [1.54, 1.807) is 0 Å². The highest BCUT2D eigenvalue weighted by Gasteiger charge is 2.11. The Morgan fingerprint density at radius 3 is 2.41 bits per heavy atom. The predicted molar refractivity (Wildman–Crippen MR) is 97.9 cm³/mol. The number of nitrogens with one attached hydrogen (secondary N) is 1. The summed E-state index contributed by atoms with van der Waals surface area (Å²) >= 11 is 0. The van der Waals surface area contributed by atoms with Crippen LogP contribution in [0.15, 0.2) is 30.3 Å². The molecule has 3 N–H and O–H groups in total. The number of nitrogens with zero attached hydrogens (tertiary/aromatic N) is 1. The average molecular weight is 350 g/mol. The normalized spacial score (nSPS) is 12.8. The molecule has 0 aliphatic heterocycles. The number of benzene rings is 1. The first kappa shape index (κ1) is 23.5. The zero-order valence-electron chi connectivity index (χ0n) is 13.6. The summed E-state index contributed by atoms with van der Waals surface area (Å²) in [5, 5.41) is 2.93. The fourth-order valence-electron chi connectivity index (χ4n) is 1.99. The molecule has 0 heterocycles. The molecule has 4 nitrogen and oxygen atoms in total. The van der Waals surface area contributed by atoms with Crippen molar-refractivity contribution in [2.24, 2.45) is 5.73 Å². The van der Waals surface area contributed by atoms with Crippen molar-refractivity contribution in [2.75, 3.05) is 20.1 Å². The average Bonchev–Trinajstić information content (AvgIpc) is 2.47. The summed E-state index contributed by atoms with van der Waals surface area (Å²) in [5.74, 6) is 0.0129. The van der Waals surface area contributed by atoms with Gasteiger partial charge in [-0.3, -0.25) is 4.79 Å². The number of halogens is 2. The third-order valence-electron chi connectivity index (χ3n) is 3.76. The van der Waals surface area contributed by atoms with E-state index in [0.717, 1.165) is 18.5 Å². The zero-order chi connectivity index (χ0) is 15.0. The van der Waals surface area contributed by atoms with E-state index < -0.39 is 0 Å². The summed E-state index contributed by atoms with van der Waals surface area (Å²) in [6.07, 6.45) is 1.44. The van der Waals surface area contributed by atoms with Gasteiger partial charge in [-0.05, 0) is 26.0 Å². The van der Waals surface area contributed by atoms with Crippen LogP contribution in [0, 0.1) is 0 Å². The summed E-state index contributed by atoms with van der Waals surface area (Å²) in [5.41, 5.74) is 7.03. The number of hydrogen-bond donors (Lipinski definition) is 2. The summed E-state index contributed by atoms with van der Waals surface area (Å²) in [4.78, 5) is 14.1. The molecule has 6 heteroatoms. The van der Waals surface area contributed by atoms with Gasteiger partial charge in [-0.25, -0.2) is 0 Å². The highest BCUT2D eigenvalue weighted by Crippen LogP contribution is 2.12. The Morgan fingerprint density at radius 2 is 1.86 bits per heavy atom. The number of nitrogens with two attached hydrogens (primary N) is 1. The summed E-state index contributed by atoms with van der Waals surface area (Å²) < 4.78 is 0. The van der Waals surface area contributed by atoms with E-state index in [0.29, 0.717) is 19.0 Å². The first-order chi connectivity index (χ1) is 9.54. The van der Waals surface area contributed by atoms with Crippen LogP contribution < -0.4 is 11.1 Å². The summed E-state index contributed by atoms with van der Waals surface area (Å²) in [6.45, 7) is 5.88. The van der Waals surface area contributed by atoms with E-state index in [-0.39, 0.29) is 36.8 Å². The van der Waals surface area contributed by atoms with Gasteiger partial charge in [-0.1, -0.05) is 37.3 Å². The minimum Gasteiger partial charge on any atom is -0.355 e. The fraction of sp³-hybridized carbons (Fsp3) is 0.562. The molecule has 128 valence electrons. The van der Waals surface area contributed by atoms with Gasteiger partial charge >= 0.3 is 0 Å². The van der Waals surface area contributed by atoms with E-state index in [2.05, 4.69) is 31.1 Å². The Morgan fingerprint density at radius 1 is 1.27 bits per heavy atom. The van der Waals surface area contributed by atoms with Crippen molar-refractivity contribution in [3.8, 4) is 0 Å². The van der Waals surface area contributed by atoms with Gasteiger partial charge in [0, 0.05) is 31.6 Å². The van der Waals surface area contributed by atoms with Crippen molar-refractivity contribution in [2.45, 2.75) is 38.8 Å². The quantitative estimate of drug-likeness (QED) is 0.758. The summed E-state index contributed by atoms with van der Waals surface area (Å²) in [7, 11) is 2.08. The highest BCUT2D eigenvalue weighted by atomic mass is 35.5. The van der Waals surface area contributed by atoms with E-state index in [1.165, 1.54) is 0 Å². The molecule has 2 atom stereocenters. The molecule has 1 rings (SSSR count). The van der Waals surface area contributed by atoms with E-state index in [1.807, 2.05) is 30.3 Å². The molecule has 0 aromatic heterocycles. The van der Waals surface area contributed by atoms with Crippen LogP contribution in [-0.2, 0) is 4.79 Å². The molecule has 2 unspecified atom stereocenters. The lowest BCUT2D eigenvalue weighted by Crippen LogP contribution is -2.37. The van der Waals surface area contributed by atoms with Crippen LogP contribution in [0.4, 0.5) is 0 Å². The zero-order valence-corrected chi connectivity index (χ0v) is 15.3. The molecule has 0 aliphatic rings. The maximum absolute atomic E-state index is 11.8. The second-order valence-electron chi connectivity index (χ2n) is 5.31. The van der Waals surface area contributed by atoms with Crippen LogP contribution >= 0.6 is 24.8 Å². The number of carbonyl (C=O) groups is 1. The molecule has 0 saturated carbocycles. The molecule has 0 fully saturated rings. The lowest BCUT2D eigenvalue weighted by molar-refractivity contribution is -0.121. The number of hydrogen-bond acceptors (Lipinski definition) is 3. The molecule has 1 aromatic carbocycles. The Balaban J connectivity index is 0. The lowest BCUT2D eigenvalue weighted by Gasteiger charge is -2.23. The van der Waals surface area contributed by atoms with Gasteiger partial charge in [0.2, 0.25) is 5.91 Å². The molecular weight excluding hydrogens is 321 g/mol. The Kier molecular flexibility index (Phi) is 13.5. The van der Waals surface area contributed by atoms with Gasteiger partial charge in [0.15, 0.2) is 0 Å². The van der Waals surface area contributed by atoms with Gasteiger partial charge < -0.3 is 16.0 Å². The van der Waals surface area contributed by atoms with Gasteiger partial charge in [-0.15, -0.1) is 24.8 Å². The SMILES string of the molecule is CCC(C)N(C)CCNC(=O)CC(N)c1ccccc1.Cl.Cl. The smallest absolute Gasteiger partial charge is 0.221 e. The molecule has 0 saturated heterocycles. The topological polar surface area (TPSA) is 58.4 Å². The fourth-order valence-corrected chi connectivity index (χ4v) is 1.99. The first-order valence-corrected chi connectivity index (χ1v) is 7.32. The van der Waals surface area contributed by atoms with E-state index in [9.17, 15) is 4.79 Å². The number of amides is 1. The maximum atomic E-state index is 11.8. The standard InChI is InChI=1S/C16H27N3O.2ClH/c1-4-13(2)19(3)11-10-18-16(20)12-15(17)14-8-6-5-7-9-14;;/h5-9,13,15H,4,10-12,17H2,1-3H3,(H,18,20);2*1H. The lowest BCUT2D eigenvalue weighted by atomic mass is 10.0. The van der Waals surface area contributed by atoms with Gasteiger partial charge in [0.25, 0.3) is 0 Å². The molecule has 0 radical (unpaired) electrons. The van der Waals surface area contributed by atoms with Crippen LogP contribution in [0.1, 0.15) is 38.3 Å². The minimum absolute atomic E-state index is 0. The van der Waals surface area contributed by atoms with Crippen molar-refractivity contribution in [3.05, 3.63) is 35.9 Å². The highest BCUT2D eigenvalue weighted by molar-refractivity contribution is 5.85. The molecule has 22 heavy (non-hydrogen) atoms. The van der Waals surface area contributed by atoms with Crippen LogP contribution in [0.5, 0.6) is 0 Å².